The number of amides is 3. The molecule has 1 atom stereocenters. The van der Waals surface area contributed by atoms with Gasteiger partial charge in [-0.1, -0.05) is 12.1 Å². The highest BCUT2D eigenvalue weighted by atomic mass is 19.1. The number of nitrogens with zero attached hydrogens (tertiary/aromatic N) is 2. The first-order chi connectivity index (χ1) is 12.2. The number of carbonyl (C=O) groups excluding carboxylic acids is 2. The molecule has 26 heavy (non-hydrogen) atoms. The van der Waals surface area contributed by atoms with E-state index in [1.165, 1.54) is 12.1 Å². The third-order valence-corrected chi connectivity index (χ3v) is 3.94. The molecule has 1 aromatic rings. The second-order valence-corrected chi connectivity index (χ2v) is 7.40. The second-order valence-electron chi connectivity index (χ2n) is 7.40. The van der Waals surface area contributed by atoms with Crippen molar-refractivity contribution in [3.8, 4) is 0 Å². The highest BCUT2D eigenvalue weighted by molar-refractivity contribution is 5.89. The molecule has 1 fully saturated rings. The molecule has 1 aliphatic rings. The predicted molar refractivity (Wildman–Crippen MR) is 97.6 cm³/mol. The maximum absolute atomic E-state index is 13.8. The molecule has 0 radical (unpaired) electrons. The van der Waals surface area contributed by atoms with E-state index in [1.807, 2.05) is 7.05 Å². The Balaban J connectivity index is 1.99. The summed E-state index contributed by atoms with van der Waals surface area (Å²) in [4.78, 5) is 28.2. The topological polar surface area (TPSA) is 73.9 Å². The Morgan fingerprint density at radius 2 is 1.96 bits per heavy atom. The molecule has 1 heterocycles. The number of rotatable bonds is 3. The lowest BCUT2D eigenvalue weighted by atomic mass is 10.1. The fourth-order valence-electron chi connectivity index (χ4n) is 2.72. The maximum atomic E-state index is 13.8. The molecule has 0 aliphatic carbocycles. The summed E-state index contributed by atoms with van der Waals surface area (Å²) in [6.45, 7) is 7.40. The van der Waals surface area contributed by atoms with E-state index in [-0.39, 0.29) is 24.3 Å². The summed E-state index contributed by atoms with van der Waals surface area (Å²) in [5, 5.41) is 5.31. The van der Waals surface area contributed by atoms with Crippen LogP contribution in [0.2, 0.25) is 0 Å². The number of carbonyl (C=O) groups is 2. The average Bonchev–Trinajstić information content (AvgIpc) is 2.53. The van der Waals surface area contributed by atoms with Crippen molar-refractivity contribution in [1.29, 1.82) is 0 Å². The van der Waals surface area contributed by atoms with Crippen LogP contribution in [0.1, 0.15) is 20.8 Å². The maximum Gasteiger partial charge on any atom is 0.407 e. The average molecular weight is 366 g/mol. The molecule has 0 spiro atoms. The molecule has 0 bridgehead atoms. The summed E-state index contributed by atoms with van der Waals surface area (Å²) in [5.41, 5.74) is -0.453. The first kappa shape index (κ1) is 20.0. The quantitative estimate of drug-likeness (QED) is 0.862. The van der Waals surface area contributed by atoms with Crippen LogP contribution in [0.15, 0.2) is 24.3 Å². The highest BCUT2D eigenvalue weighted by Crippen LogP contribution is 2.16. The van der Waals surface area contributed by atoms with Gasteiger partial charge < -0.3 is 25.2 Å². The Hall–Kier alpha value is -2.35. The van der Waals surface area contributed by atoms with Gasteiger partial charge in [-0.3, -0.25) is 0 Å². The van der Waals surface area contributed by atoms with E-state index in [2.05, 4.69) is 15.5 Å². The van der Waals surface area contributed by atoms with Gasteiger partial charge in [0.25, 0.3) is 0 Å². The molecule has 0 aromatic heterocycles. The standard InChI is InChI=1S/C18H27FN4O3/c1-18(2,3)26-17(25)20-11-13-12-22(4)9-10-23(13)16(24)21-15-8-6-5-7-14(15)19/h5-8,13H,9-12H2,1-4H3,(H,20,25)(H,21,24)/t13-/m0/s1. The van der Waals surface area contributed by atoms with Crippen LogP contribution in [-0.4, -0.2) is 66.8 Å². The molecule has 1 aliphatic heterocycles. The lowest BCUT2D eigenvalue weighted by Gasteiger charge is -2.40. The van der Waals surface area contributed by atoms with Gasteiger partial charge in [-0.05, 0) is 40.0 Å². The van der Waals surface area contributed by atoms with E-state index in [1.54, 1.807) is 37.8 Å². The molecule has 7 nitrogen and oxygen atoms in total. The molecular weight excluding hydrogens is 339 g/mol. The molecule has 1 aromatic carbocycles. The van der Waals surface area contributed by atoms with Crippen LogP contribution in [-0.2, 0) is 4.74 Å². The summed E-state index contributed by atoms with van der Waals surface area (Å²) >= 11 is 0. The molecule has 1 saturated heterocycles. The smallest absolute Gasteiger partial charge is 0.407 e. The molecular formula is C18H27FN4O3. The molecule has 2 rings (SSSR count). The molecule has 2 N–H and O–H groups in total. The Kier molecular flexibility index (Phi) is 6.42. The third-order valence-electron chi connectivity index (χ3n) is 3.94. The van der Waals surface area contributed by atoms with Gasteiger partial charge >= 0.3 is 12.1 Å². The van der Waals surface area contributed by atoms with Crippen molar-refractivity contribution in [3.63, 3.8) is 0 Å². The van der Waals surface area contributed by atoms with Gasteiger partial charge in [0.05, 0.1) is 11.7 Å². The fourth-order valence-corrected chi connectivity index (χ4v) is 2.72. The van der Waals surface area contributed by atoms with Gasteiger partial charge in [0.2, 0.25) is 0 Å². The van der Waals surface area contributed by atoms with Crippen LogP contribution in [0.4, 0.5) is 19.7 Å². The number of halogens is 1. The van der Waals surface area contributed by atoms with Crippen LogP contribution in [0.25, 0.3) is 0 Å². The lowest BCUT2D eigenvalue weighted by Crippen LogP contribution is -2.59. The number of para-hydroxylation sites is 1. The highest BCUT2D eigenvalue weighted by Gasteiger charge is 2.30. The number of alkyl carbamates (subject to hydrolysis) is 1. The summed E-state index contributed by atoms with van der Waals surface area (Å²) in [6.07, 6.45) is -0.528. The van der Waals surface area contributed by atoms with E-state index < -0.39 is 17.5 Å². The van der Waals surface area contributed by atoms with Crippen molar-refractivity contribution < 1.29 is 18.7 Å². The molecule has 0 saturated carbocycles. The number of anilines is 1. The Morgan fingerprint density at radius 3 is 2.62 bits per heavy atom. The molecule has 144 valence electrons. The monoisotopic (exact) mass is 366 g/mol. The number of hydrogen-bond donors (Lipinski definition) is 2. The van der Waals surface area contributed by atoms with Gasteiger partial charge in [-0.2, -0.15) is 0 Å². The Labute approximate surface area is 153 Å². The van der Waals surface area contributed by atoms with E-state index in [9.17, 15) is 14.0 Å². The second kappa shape index (κ2) is 8.35. The van der Waals surface area contributed by atoms with E-state index in [4.69, 9.17) is 4.74 Å². The van der Waals surface area contributed by atoms with Crippen LogP contribution >= 0.6 is 0 Å². The van der Waals surface area contributed by atoms with Crippen molar-refractivity contribution in [2.24, 2.45) is 0 Å². The van der Waals surface area contributed by atoms with Gasteiger partial charge in [0.1, 0.15) is 11.4 Å². The fraction of sp³-hybridized carbons (Fsp3) is 0.556. The molecule has 3 amide bonds. The van der Waals surface area contributed by atoms with Crippen LogP contribution < -0.4 is 10.6 Å². The summed E-state index contributed by atoms with van der Waals surface area (Å²) < 4.78 is 19.0. The van der Waals surface area contributed by atoms with E-state index in [0.29, 0.717) is 19.6 Å². The SMILES string of the molecule is CN1CCN(C(=O)Nc2ccccc2F)[C@@H](CNC(=O)OC(C)(C)C)C1. The minimum absolute atomic E-state index is 0.135. The number of nitrogens with one attached hydrogen (secondary N) is 2. The minimum Gasteiger partial charge on any atom is -0.444 e. The van der Waals surface area contributed by atoms with Crippen LogP contribution in [0.5, 0.6) is 0 Å². The van der Waals surface area contributed by atoms with Gasteiger partial charge in [-0.15, -0.1) is 0 Å². The van der Waals surface area contributed by atoms with E-state index >= 15 is 0 Å². The summed E-state index contributed by atoms with van der Waals surface area (Å²) in [5.74, 6) is -0.488. The lowest BCUT2D eigenvalue weighted by molar-refractivity contribution is 0.0490. The number of ether oxygens (including phenoxy) is 1. The van der Waals surface area contributed by atoms with Gasteiger partial charge in [-0.25, -0.2) is 14.0 Å². The summed E-state index contributed by atoms with van der Waals surface area (Å²) in [7, 11) is 1.95. The molecule has 8 heteroatoms. The van der Waals surface area contributed by atoms with Crippen molar-refractivity contribution in [2.75, 3.05) is 38.5 Å². The van der Waals surface area contributed by atoms with Crippen molar-refractivity contribution >= 4 is 17.8 Å². The summed E-state index contributed by atoms with van der Waals surface area (Å²) in [6, 6.07) is 5.39. The number of likely N-dealkylation sites (N-methyl/N-ethyl adjacent to an activating group) is 1. The first-order valence-corrected chi connectivity index (χ1v) is 8.63. The van der Waals surface area contributed by atoms with Gasteiger partial charge in [0, 0.05) is 26.2 Å². The minimum atomic E-state index is -0.588. The van der Waals surface area contributed by atoms with Crippen molar-refractivity contribution in [1.82, 2.24) is 15.1 Å². The van der Waals surface area contributed by atoms with Crippen LogP contribution in [0.3, 0.4) is 0 Å². The normalized spacial score (nSPS) is 18.3. The van der Waals surface area contributed by atoms with Crippen molar-refractivity contribution in [3.05, 3.63) is 30.1 Å². The number of piperazine rings is 1. The number of urea groups is 1. The molecule has 0 unspecified atom stereocenters. The first-order valence-electron chi connectivity index (χ1n) is 8.63. The number of hydrogen-bond acceptors (Lipinski definition) is 4. The largest absolute Gasteiger partial charge is 0.444 e. The Bertz CT molecular complexity index is 648. The van der Waals surface area contributed by atoms with Gasteiger partial charge in [0.15, 0.2) is 0 Å². The zero-order valence-corrected chi connectivity index (χ0v) is 15.7. The number of benzene rings is 1. The zero-order valence-electron chi connectivity index (χ0n) is 15.7. The Morgan fingerprint density at radius 1 is 1.27 bits per heavy atom. The van der Waals surface area contributed by atoms with E-state index in [0.717, 1.165) is 0 Å². The van der Waals surface area contributed by atoms with Crippen LogP contribution in [0, 0.1) is 5.82 Å². The third kappa shape index (κ3) is 5.87. The zero-order chi connectivity index (χ0) is 19.3. The van der Waals surface area contributed by atoms with Crippen molar-refractivity contribution in [2.45, 2.75) is 32.4 Å². The predicted octanol–water partition coefficient (Wildman–Crippen LogP) is 2.50.